The molecule has 0 radical (unpaired) electrons. The van der Waals surface area contributed by atoms with Crippen molar-refractivity contribution in [2.45, 2.75) is 61.2 Å². The van der Waals surface area contributed by atoms with Gasteiger partial charge in [0.25, 0.3) is 0 Å². The summed E-state index contributed by atoms with van der Waals surface area (Å²) in [6.07, 6.45) is 3.10. The first kappa shape index (κ1) is 24.8. The van der Waals surface area contributed by atoms with Gasteiger partial charge in [0.1, 0.15) is 11.4 Å². The minimum Gasteiger partial charge on any atom is -0.593 e. The Hall–Kier alpha value is -2.83. The molecular weight excluding hydrogens is 495 g/mol. The maximum Gasteiger partial charge on any atom is 0.416 e. The van der Waals surface area contributed by atoms with Gasteiger partial charge in [-0.2, -0.15) is 13.2 Å². The molecule has 1 spiro atoms. The van der Waals surface area contributed by atoms with E-state index in [9.17, 15) is 26.7 Å². The van der Waals surface area contributed by atoms with Crippen LogP contribution in [0, 0.1) is 0 Å². The highest BCUT2D eigenvalue weighted by Gasteiger charge is 2.57. The van der Waals surface area contributed by atoms with E-state index in [4.69, 9.17) is 4.99 Å². The maximum absolute atomic E-state index is 13.6. The smallest absolute Gasteiger partial charge is 0.416 e. The summed E-state index contributed by atoms with van der Waals surface area (Å²) in [6, 6.07) is 6.74. The minimum absolute atomic E-state index is 0.0291. The summed E-state index contributed by atoms with van der Waals surface area (Å²) < 4.78 is 68.1. The van der Waals surface area contributed by atoms with Crippen LogP contribution in [0.2, 0.25) is 0 Å². The number of piperidine rings is 1. The van der Waals surface area contributed by atoms with Crippen molar-refractivity contribution in [2.75, 3.05) is 18.0 Å². The number of hydrogen-bond acceptors (Lipinski definition) is 5. The topological polar surface area (TPSA) is 101 Å². The molecule has 2 atom stereocenters. The number of nitrogens with zero attached hydrogens (tertiary/aromatic N) is 4. The Morgan fingerprint density at radius 1 is 1.17 bits per heavy atom. The van der Waals surface area contributed by atoms with E-state index in [1.165, 1.54) is 15.4 Å². The van der Waals surface area contributed by atoms with Gasteiger partial charge in [0, 0.05) is 18.8 Å². The lowest BCUT2D eigenvalue weighted by Crippen LogP contribution is -2.62. The number of benzene rings is 1. The number of hydrogen-bond donors (Lipinski definition) is 1. The maximum atomic E-state index is 13.6. The van der Waals surface area contributed by atoms with E-state index in [0.717, 1.165) is 43.9 Å². The highest BCUT2D eigenvalue weighted by molar-refractivity contribution is 7.95. The molecule has 192 valence electrons. The van der Waals surface area contributed by atoms with E-state index in [1.807, 2.05) is 0 Å². The summed E-state index contributed by atoms with van der Waals surface area (Å²) in [7, 11) is -4.29. The number of aromatic nitrogens is 1. The molecule has 1 aromatic carbocycles. The fourth-order valence-corrected chi connectivity index (χ4v) is 6.93. The first-order chi connectivity index (χ1) is 17.1. The standard InChI is InChI=1S/C24H26F3N5O3S/c25-24(26,27)17-6-3-10-20(14-17)36(34,35)31-13-5-11-23(16-31)21(29-18-7-1-2-8-18)30-22(33)32(23)19-9-4-12-28-15-19/h3-4,6,9-10,12,14-15,18H,1-2,5,7-8,11,13,16H2,(H-,29,30,33,34,35). The average Bonchev–Trinajstić information content (AvgIpc) is 3.45. The predicted octanol–water partition coefficient (Wildman–Crippen LogP) is 4.41. The van der Waals surface area contributed by atoms with Crippen LogP contribution in [-0.2, 0) is 20.8 Å². The van der Waals surface area contributed by atoms with E-state index in [1.54, 1.807) is 18.3 Å². The van der Waals surface area contributed by atoms with Gasteiger partial charge in [-0.1, -0.05) is 23.1 Å². The summed E-state index contributed by atoms with van der Waals surface area (Å²) in [5.74, 6) is 0.409. The van der Waals surface area contributed by atoms with Crippen LogP contribution in [0.3, 0.4) is 0 Å². The van der Waals surface area contributed by atoms with Crippen LogP contribution in [0.4, 0.5) is 23.7 Å². The Morgan fingerprint density at radius 3 is 2.64 bits per heavy atom. The second kappa shape index (κ2) is 9.24. The minimum atomic E-state index is -4.67. The predicted molar refractivity (Wildman–Crippen MR) is 127 cm³/mol. The van der Waals surface area contributed by atoms with Crippen LogP contribution in [-0.4, -0.2) is 50.4 Å². The van der Waals surface area contributed by atoms with Crippen LogP contribution >= 0.6 is 0 Å². The molecule has 1 saturated carbocycles. The summed E-state index contributed by atoms with van der Waals surface area (Å²) in [6.45, 7) is -0.0170. The van der Waals surface area contributed by atoms with Gasteiger partial charge in [0.15, 0.2) is 15.3 Å². The summed E-state index contributed by atoms with van der Waals surface area (Å²) in [5.41, 5.74) is -1.66. The molecule has 2 aliphatic heterocycles. The third-order valence-electron chi connectivity index (χ3n) is 7.07. The lowest BCUT2D eigenvalue weighted by atomic mass is 9.87. The van der Waals surface area contributed by atoms with Crippen LogP contribution < -0.4 is 10.2 Å². The number of alkyl halides is 3. The van der Waals surface area contributed by atoms with Gasteiger partial charge in [-0.3, -0.25) is 20.2 Å². The Bertz CT molecular complexity index is 1220. The van der Waals surface area contributed by atoms with E-state index < -0.39 is 38.6 Å². The number of rotatable bonds is 4. The zero-order valence-corrected chi connectivity index (χ0v) is 20.2. The molecule has 2 aromatic rings. The fourth-order valence-electron chi connectivity index (χ4n) is 5.35. The van der Waals surface area contributed by atoms with Crippen molar-refractivity contribution in [3.8, 4) is 0 Å². The SMILES string of the molecule is O=C1NC(=NC2CCCC2)C2(CCCN([S+](=O)([O-])c3cccc(C(F)(F)F)c3)C2)N1c1cccnc1. The quantitative estimate of drug-likeness (QED) is 0.603. The third-order valence-corrected chi connectivity index (χ3v) is 8.91. The van der Waals surface area contributed by atoms with Gasteiger partial charge in [-0.25, -0.2) is 4.79 Å². The normalized spacial score (nSPS) is 26.5. The molecule has 36 heavy (non-hydrogen) atoms. The van der Waals surface area contributed by atoms with Gasteiger partial charge in [0.05, 0.1) is 30.0 Å². The number of carbonyl (C=O) groups excluding carboxylic acids is 1. The molecule has 5 rings (SSSR count). The molecule has 1 aromatic heterocycles. The lowest BCUT2D eigenvalue weighted by molar-refractivity contribution is -0.137. The summed E-state index contributed by atoms with van der Waals surface area (Å²) >= 11 is 0. The molecule has 1 aliphatic carbocycles. The van der Waals surface area contributed by atoms with Gasteiger partial charge in [-0.05, 0) is 49.9 Å². The molecule has 2 unspecified atom stereocenters. The number of amidine groups is 1. The number of urea groups is 1. The number of nitrogens with one attached hydrogen (secondary N) is 1. The Labute approximate surface area is 208 Å². The Morgan fingerprint density at radius 2 is 1.94 bits per heavy atom. The molecule has 12 heteroatoms. The molecule has 0 bridgehead atoms. The number of amides is 2. The van der Waals surface area contributed by atoms with Crippen LogP contribution in [0.25, 0.3) is 0 Å². The second-order valence-corrected chi connectivity index (χ2v) is 11.3. The largest absolute Gasteiger partial charge is 0.593 e. The van der Waals surface area contributed by atoms with Gasteiger partial charge >= 0.3 is 12.2 Å². The Kier molecular flexibility index (Phi) is 6.38. The third kappa shape index (κ3) is 4.41. The monoisotopic (exact) mass is 521 g/mol. The van der Waals surface area contributed by atoms with E-state index in [2.05, 4.69) is 10.3 Å². The molecule has 3 heterocycles. The van der Waals surface area contributed by atoms with Crippen molar-refractivity contribution >= 4 is 28.0 Å². The second-order valence-electron chi connectivity index (χ2n) is 9.39. The number of sulfonamides is 1. The number of pyridine rings is 1. The molecular formula is C24H26F3N5O3S. The summed E-state index contributed by atoms with van der Waals surface area (Å²) in [4.78, 5) is 23.3. The zero-order valence-electron chi connectivity index (χ0n) is 19.4. The van der Waals surface area contributed by atoms with Crippen molar-refractivity contribution in [1.82, 2.24) is 14.6 Å². The van der Waals surface area contributed by atoms with Crippen molar-refractivity contribution in [2.24, 2.45) is 4.99 Å². The lowest BCUT2D eigenvalue weighted by Gasteiger charge is -2.44. The number of aliphatic imine (C=N–C) groups is 1. The van der Waals surface area contributed by atoms with Gasteiger partial charge in [0.2, 0.25) is 0 Å². The van der Waals surface area contributed by atoms with Crippen LogP contribution in [0.5, 0.6) is 0 Å². The van der Waals surface area contributed by atoms with Crippen molar-refractivity contribution < 1.29 is 26.7 Å². The number of halogens is 3. The molecule has 3 aliphatic rings. The molecule has 2 saturated heterocycles. The highest BCUT2D eigenvalue weighted by Crippen LogP contribution is 2.40. The summed E-state index contributed by atoms with van der Waals surface area (Å²) in [5, 5.41) is 2.87. The fraction of sp³-hybridized carbons (Fsp3) is 0.458. The van der Waals surface area contributed by atoms with Crippen molar-refractivity contribution in [3.05, 3.63) is 54.4 Å². The molecule has 2 amide bonds. The van der Waals surface area contributed by atoms with E-state index in [-0.39, 0.29) is 19.1 Å². The van der Waals surface area contributed by atoms with Crippen molar-refractivity contribution in [1.29, 1.82) is 0 Å². The van der Waals surface area contributed by atoms with Crippen LogP contribution in [0.1, 0.15) is 44.1 Å². The van der Waals surface area contributed by atoms with Gasteiger partial charge in [-0.15, -0.1) is 4.31 Å². The zero-order chi connectivity index (χ0) is 25.6. The first-order valence-electron chi connectivity index (χ1n) is 11.9. The first-order valence-corrected chi connectivity index (χ1v) is 13.3. The molecule has 1 N–H and O–H groups in total. The van der Waals surface area contributed by atoms with Gasteiger partial charge < -0.3 is 4.55 Å². The Balaban J connectivity index is 1.56. The number of carbonyl (C=O) groups is 1. The number of anilines is 1. The van der Waals surface area contributed by atoms with E-state index in [0.29, 0.717) is 30.4 Å². The van der Waals surface area contributed by atoms with E-state index >= 15 is 0 Å². The van der Waals surface area contributed by atoms with Crippen LogP contribution in [0.15, 0.2) is 58.7 Å². The molecule has 3 fully saturated rings. The molecule has 8 nitrogen and oxygen atoms in total. The highest BCUT2D eigenvalue weighted by atomic mass is 32.3. The average molecular weight is 522 g/mol. The van der Waals surface area contributed by atoms with Crippen molar-refractivity contribution in [3.63, 3.8) is 0 Å².